The monoisotopic (exact) mass is 419 g/mol. The Balaban J connectivity index is 0.00000300. The predicted molar refractivity (Wildman–Crippen MR) is 119 cm³/mol. The molecule has 1 fully saturated rings. The van der Waals surface area contributed by atoms with Crippen LogP contribution in [-0.4, -0.2) is 34.0 Å². The third-order valence-electron chi connectivity index (χ3n) is 5.71. The van der Waals surface area contributed by atoms with E-state index in [9.17, 15) is 4.79 Å². The van der Waals surface area contributed by atoms with Crippen LogP contribution in [0.3, 0.4) is 0 Å². The van der Waals surface area contributed by atoms with E-state index < -0.39 is 0 Å². The van der Waals surface area contributed by atoms with Gasteiger partial charge < -0.3 is 10.6 Å². The molecule has 2 heterocycles. The first-order chi connectivity index (χ1) is 13.4. The molecule has 2 N–H and O–H groups in total. The lowest BCUT2D eigenvalue weighted by Crippen LogP contribution is -2.33. The topological polar surface area (TPSA) is 71.8 Å². The summed E-state index contributed by atoms with van der Waals surface area (Å²) < 4.78 is 1.93. The van der Waals surface area contributed by atoms with Gasteiger partial charge in [-0.25, -0.2) is 4.68 Å². The highest BCUT2D eigenvalue weighted by Crippen LogP contribution is 2.25. The number of carbonyl (C=O) groups excluding carboxylic acids is 1. The Morgan fingerprint density at radius 1 is 1.10 bits per heavy atom. The lowest BCUT2D eigenvalue weighted by Gasteiger charge is -2.24. The van der Waals surface area contributed by atoms with Crippen LogP contribution in [0.5, 0.6) is 0 Å². The third-order valence-corrected chi connectivity index (χ3v) is 5.71. The first-order valence-corrected chi connectivity index (χ1v) is 10.4. The molecule has 1 amide bonds. The van der Waals surface area contributed by atoms with Crippen molar-refractivity contribution in [1.29, 1.82) is 0 Å². The molecule has 1 atom stereocenters. The molecule has 1 aliphatic rings. The van der Waals surface area contributed by atoms with E-state index in [1.54, 1.807) is 0 Å². The van der Waals surface area contributed by atoms with Gasteiger partial charge in [-0.3, -0.25) is 4.79 Å². The van der Waals surface area contributed by atoms with Crippen molar-refractivity contribution in [1.82, 2.24) is 25.6 Å². The maximum atomic E-state index is 13.0. The molecule has 0 bridgehead atoms. The van der Waals surface area contributed by atoms with Crippen LogP contribution in [0.2, 0.25) is 0 Å². The Morgan fingerprint density at radius 2 is 1.69 bits per heavy atom. The molecule has 1 aromatic carbocycles. The number of piperidine rings is 1. The zero-order valence-corrected chi connectivity index (χ0v) is 18.9. The largest absolute Gasteiger partial charge is 0.344 e. The number of amides is 1. The Hall–Kier alpha value is -1.92. The Kier molecular flexibility index (Phi) is 8.23. The minimum absolute atomic E-state index is 0. The van der Waals surface area contributed by atoms with Crippen molar-refractivity contribution in [3.63, 3.8) is 0 Å². The van der Waals surface area contributed by atoms with Gasteiger partial charge in [-0.05, 0) is 55.8 Å². The summed E-state index contributed by atoms with van der Waals surface area (Å²) in [5.74, 6) is 0.617. The number of carbonyl (C=O) groups is 1. The fourth-order valence-electron chi connectivity index (χ4n) is 3.88. The number of nitrogens with one attached hydrogen (secondary N) is 2. The summed E-state index contributed by atoms with van der Waals surface area (Å²) in [6.45, 7) is 12.5. The molecule has 1 aliphatic heterocycles. The van der Waals surface area contributed by atoms with Crippen LogP contribution in [0.15, 0.2) is 24.3 Å². The van der Waals surface area contributed by atoms with Crippen LogP contribution in [0, 0.1) is 12.8 Å². The smallest absolute Gasteiger partial charge is 0.274 e. The number of nitrogens with zero attached hydrogens (tertiary/aromatic N) is 3. The minimum Gasteiger partial charge on any atom is -0.344 e. The molecular formula is C22H34ClN5O. The van der Waals surface area contributed by atoms with E-state index in [1.807, 2.05) is 11.6 Å². The molecule has 3 rings (SSSR count). The molecular weight excluding hydrogens is 386 g/mol. The molecule has 0 saturated carbocycles. The molecule has 29 heavy (non-hydrogen) atoms. The van der Waals surface area contributed by atoms with E-state index in [0.717, 1.165) is 37.2 Å². The number of hydrogen-bond donors (Lipinski definition) is 2. The third kappa shape index (κ3) is 5.37. The standard InChI is InChI=1S/C22H33N5O.ClH/c1-14(2)17-6-8-18(9-7-17)20(15(3)4)24-22(28)21-16(5)27(26-25-21)19-10-12-23-13-11-19;/h6-9,14-15,19-20,23H,10-13H2,1-5H3,(H,24,28);1H. The molecule has 0 spiro atoms. The van der Waals surface area contributed by atoms with Crippen molar-refractivity contribution in [3.8, 4) is 0 Å². The Bertz CT molecular complexity index is 794. The number of benzene rings is 1. The summed E-state index contributed by atoms with van der Waals surface area (Å²) in [6, 6.07) is 8.81. The van der Waals surface area contributed by atoms with Crippen LogP contribution in [-0.2, 0) is 0 Å². The molecule has 7 heteroatoms. The van der Waals surface area contributed by atoms with Crippen LogP contribution in [0.25, 0.3) is 0 Å². The van der Waals surface area contributed by atoms with Crippen LogP contribution < -0.4 is 10.6 Å². The summed E-state index contributed by atoms with van der Waals surface area (Å²) in [5.41, 5.74) is 3.71. The quantitative estimate of drug-likeness (QED) is 0.736. The van der Waals surface area contributed by atoms with Crippen molar-refractivity contribution < 1.29 is 4.79 Å². The highest BCUT2D eigenvalue weighted by Gasteiger charge is 2.25. The molecule has 1 saturated heterocycles. The second-order valence-corrected chi connectivity index (χ2v) is 8.47. The normalized spacial score (nSPS) is 16.0. The molecule has 0 aliphatic carbocycles. The summed E-state index contributed by atoms with van der Waals surface area (Å²) in [4.78, 5) is 13.0. The fraction of sp³-hybridized carbons (Fsp3) is 0.591. The maximum absolute atomic E-state index is 13.0. The van der Waals surface area contributed by atoms with Gasteiger partial charge >= 0.3 is 0 Å². The molecule has 1 aromatic heterocycles. The first-order valence-electron chi connectivity index (χ1n) is 10.4. The van der Waals surface area contributed by atoms with Gasteiger partial charge in [-0.2, -0.15) is 0 Å². The molecule has 160 valence electrons. The zero-order chi connectivity index (χ0) is 20.3. The lowest BCUT2D eigenvalue weighted by atomic mass is 9.93. The van der Waals surface area contributed by atoms with Gasteiger partial charge in [0.25, 0.3) is 5.91 Å². The van der Waals surface area contributed by atoms with Crippen molar-refractivity contribution in [3.05, 3.63) is 46.8 Å². The average molecular weight is 420 g/mol. The summed E-state index contributed by atoms with van der Waals surface area (Å²) in [5, 5.41) is 15.1. The van der Waals surface area contributed by atoms with Gasteiger partial charge in [0.2, 0.25) is 0 Å². The highest BCUT2D eigenvalue weighted by molar-refractivity contribution is 5.93. The van der Waals surface area contributed by atoms with Crippen LogP contribution in [0.1, 0.15) is 85.8 Å². The van der Waals surface area contributed by atoms with Gasteiger partial charge in [0.1, 0.15) is 0 Å². The summed E-state index contributed by atoms with van der Waals surface area (Å²) >= 11 is 0. The van der Waals surface area contributed by atoms with Gasteiger partial charge in [-0.1, -0.05) is 57.2 Å². The zero-order valence-electron chi connectivity index (χ0n) is 18.1. The van der Waals surface area contributed by atoms with E-state index >= 15 is 0 Å². The van der Waals surface area contributed by atoms with Crippen molar-refractivity contribution in [2.24, 2.45) is 5.92 Å². The summed E-state index contributed by atoms with van der Waals surface area (Å²) in [7, 11) is 0. The van der Waals surface area contributed by atoms with Gasteiger partial charge in [0.15, 0.2) is 5.69 Å². The molecule has 0 radical (unpaired) electrons. The Morgan fingerprint density at radius 3 is 2.24 bits per heavy atom. The number of hydrogen-bond acceptors (Lipinski definition) is 4. The second-order valence-electron chi connectivity index (χ2n) is 8.47. The van der Waals surface area contributed by atoms with E-state index in [0.29, 0.717) is 17.7 Å². The molecule has 1 unspecified atom stereocenters. The van der Waals surface area contributed by atoms with Crippen molar-refractivity contribution in [2.45, 2.75) is 65.5 Å². The molecule has 2 aromatic rings. The van der Waals surface area contributed by atoms with E-state index in [4.69, 9.17) is 0 Å². The number of halogens is 1. The lowest BCUT2D eigenvalue weighted by molar-refractivity contribution is 0.0919. The van der Waals surface area contributed by atoms with Crippen molar-refractivity contribution in [2.75, 3.05) is 13.1 Å². The summed E-state index contributed by atoms with van der Waals surface area (Å²) in [6.07, 6.45) is 2.03. The molecule has 6 nitrogen and oxygen atoms in total. The van der Waals surface area contributed by atoms with Gasteiger partial charge in [0, 0.05) is 0 Å². The van der Waals surface area contributed by atoms with Crippen LogP contribution >= 0.6 is 12.4 Å². The van der Waals surface area contributed by atoms with Gasteiger partial charge in [-0.15, -0.1) is 17.5 Å². The highest BCUT2D eigenvalue weighted by atomic mass is 35.5. The SMILES string of the molecule is Cc1c(C(=O)NC(c2ccc(C(C)C)cc2)C(C)C)nnn1C1CCNCC1.Cl. The predicted octanol–water partition coefficient (Wildman–Crippen LogP) is 4.18. The fourth-order valence-corrected chi connectivity index (χ4v) is 3.88. The Labute approximate surface area is 180 Å². The average Bonchev–Trinajstić information content (AvgIpc) is 3.08. The van der Waals surface area contributed by atoms with Crippen LogP contribution in [0.4, 0.5) is 0 Å². The number of rotatable bonds is 6. The minimum atomic E-state index is -0.149. The van der Waals surface area contributed by atoms with E-state index in [1.165, 1.54) is 5.56 Å². The van der Waals surface area contributed by atoms with Gasteiger partial charge in [0.05, 0.1) is 17.8 Å². The first kappa shape index (κ1) is 23.4. The second kappa shape index (κ2) is 10.2. The number of aromatic nitrogens is 3. The van der Waals surface area contributed by atoms with E-state index in [-0.39, 0.29) is 30.3 Å². The van der Waals surface area contributed by atoms with Crippen molar-refractivity contribution >= 4 is 18.3 Å². The van der Waals surface area contributed by atoms with E-state index in [2.05, 4.69) is 72.9 Å². The maximum Gasteiger partial charge on any atom is 0.274 e.